The van der Waals surface area contributed by atoms with Gasteiger partial charge in [0.2, 0.25) is 5.88 Å². The highest BCUT2D eigenvalue weighted by atomic mass is 127. The smallest absolute Gasteiger partial charge is 0.218 e. The average molecular weight is 518 g/mol. The van der Waals surface area contributed by atoms with E-state index >= 15 is 0 Å². The van der Waals surface area contributed by atoms with Crippen molar-refractivity contribution in [2.45, 2.75) is 32.7 Å². The fourth-order valence-electron chi connectivity index (χ4n) is 2.46. The number of rotatable bonds is 10. The molecule has 2 heterocycles. The lowest BCUT2D eigenvalue weighted by atomic mass is 9.91. The Morgan fingerprint density at radius 1 is 1.21 bits per heavy atom. The van der Waals surface area contributed by atoms with E-state index in [1.807, 2.05) is 12.1 Å². The maximum Gasteiger partial charge on any atom is 0.218 e. The van der Waals surface area contributed by atoms with Gasteiger partial charge in [0.15, 0.2) is 5.96 Å². The summed E-state index contributed by atoms with van der Waals surface area (Å²) in [6, 6.07) is 8.15. The molecular formula is C20H31IN4O2S. The van der Waals surface area contributed by atoms with E-state index in [4.69, 9.17) is 14.5 Å². The molecule has 0 fully saturated rings. The quantitative estimate of drug-likeness (QED) is 0.217. The number of ether oxygens (including phenoxy) is 2. The van der Waals surface area contributed by atoms with Gasteiger partial charge in [-0.1, -0.05) is 26.0 Å². The minimum absolute atomic E-state index is 0. The van der Waals surface area contributed by atoms with Crippen molar-refractivity contribution in [2.24, 2.45) is 4.99 Å². The maximum absolute atomic E-state index is 5.69. The summed E-state index contributed by atoms with van der Waals surface area (Å²) in [6.45, 7) is 9.62. The van der Waals surface area contributed by atoms with Crippen molar-refractivity contribution in [1.29, 1.82) is 0 Å². The molecule has 156 valence electrons. The van der Waals surface area contributed by atoms with Gasteiger partial charge in [0.05, 0.1) is 13.2 Å². The number of halogens is 1. The highest BCUT2D eigenvalue weighted by molar-refractivity contribution is 14.0. The summed E-state index contributed by atoms with van der Waals surface area (Å²) >= 11 is 1.78. The van der Waals surface area contributed by atoms with Gasteiger partial charge < -0.3 is 20.1 Å². The minimum Gasteiger partial charge on any atom is -0.475 e. The molecule has 0 bridgehead atoms. The summed E-state index contributed by atoms with van der Waals surface area (Å²) in [5.41, 5.74) is 0.982. The molecule has 0 spiro atoms. The standard InChI is InChI=1S/C20H30N4O2S.HI/c1-5-21-19(24-15-20(2,3)17-9-7-13-27-17)23-14-16-8-6-10-22-18(16)26-12-11-25-4;/h6-10,13H,5,11-12,14-15H2,1-4H3,(H2,21,23,24);1H. The molecule has 2 aromatic heterocycles. The van der Waals surface area contributed by atoms with E-state index in [-0.39, 0.29) is 29.4 Å². The number of aliphatic imine (C=N–C) groups is 1. The van der Waals surface area contributed by atoms with Crippen LogP contribution in [0.2, 0.25) is 0 Å². The summed E-state index contributed by atoms with van der Waals surface area (Å²) < 4.78 is 10.7. The van der Waals surface area contributed by atoms with Crippen LogP contribution in [0.5, 0.6) is 5.88 Å². The lowest BCUT2D eigenvalue weighted by Gasteiger charge is -2.25. The number of hydrogen-bond donors (Lipinski definition) is 2. The van der Waals surface area contributed by atoms with Crippen molar-refractivity contribution in [3.8, 4) is 5.88 Å². The van der Waals surface area contributed by atoms with E-state index in [9.17, 15) is 0 Å². The van der Waals surface area contributed by atoms with Crippen LogP contribution >= 0.6 is 35.3 Å². The molecule has 0 saturated carbocycles. The van der Waals surface area contributed by atoms with E-state index in [0.717, 1.165) is 24.6 Å². The molecule has 0 aliphatic carbocycles. The lowest BCUT2D eigenvalue weighted by Crippen LogP contribution is -2.43. The SMILES string of the molecule is CCNC(=NCc1cccnc1OCCOC)NCC(C)(C)c1cccs1.I. The molecule has 0 unspecified atom stereocenters. The van der Waals surface area contributed by atoms with E-state index in [1.54, 1.807) is 24.6 Å². The van der Waals surface area contributed by atoms with Crippen LogP contribution in [0.4, 0.5) is 0 Å². The summed E-state index contributed by atoms with van der Waals surface area (Å²) in [5, 5.41) is 8.87. The zero-order chi connectivity index (χ0) is 19.5. The fourth-order valence-corrected chi connectivity index (χ4v) is 3.31. The lowest BCUT2D eigenvalue weighted by molar-refractivity contribution is 0.143. The third kappa shape index (κ3) is 7.92. The Morgan fingerprint density at radius 3 is 2.71 bits per heavy atom. The third-order valence-corrected chi connectivity index (χ3v) is 5.25. The molecule has 0 atom stereocenters. The Morgan fingerprint density at radius 2 is 2.04 bits per heavy atom. The Labute approximate surface area is 189 Å². The van der Waals surface area contributed by atoms with E-state index in [2.05, 4.69) is 53.9 Å². The van der Waals surface area contributed by atoms with Crippen molar-refractivity contribution < 1.29 is 9.47 Å². The second kappa shape index (κ2) is 12.9. The second-order valence-electron chi connectivity index (χ2n) is 6.72. The summed E-state index contributed by atoms with van der Waals surface area (Å²) in [6.07, 6.45) is 1.72. The Bertz CT molecular complexity index is 708. The molecule has 2 aromatic rings. The molecule has 0 radical (unpaired) electrons. The molecule has 0 aliphatic rings. The van der Waals surface area contributed by atoms with Crippen LogP contribution in [0.3, 0.4) is 0 Å². The van der Waals surface area contributed by atoms with Crippen LogP contribution in [-0.4, -0.2) is 44.4 Å². The predicted octanol–water partition coefficient (Wildman–Crippen LogP) is 3.82. The molecule has 8 heteroatoms. The maximum atomic E-state index is 5.69. The van der Waals surface area contributed by atoms with Crippen molar-refractivity contribution in [3.63, 3.8) is 0 Å². The van der Waals surface area contributed by atoms with E-state index < -0.39 is 0 Å². The molecule has 6 nitrogen and oxygen atoms in total. The highest BCUT2D eigenvalue weighted by Crippen LogP contribution is 2.26. The Kier molecular flexibility index (Phi) is 11.4. The van der Waals surface area contributed by atoms with Crippen molar-refractivity contribution in [1.82, 2.24) is 15.6 Å². The molecule has 2 N–H and O–H groups in total. The zero-order valence-electron chi connectivity index (χ0n) is 17.0. The number of aromatic nitrogens is 1. The minimum atomic E-state index is 0. The predicted molar refractivity (Wildman–Crippen MR) is 127 cm³/mol. The van der Waals surface area contributed by atoms with Gasteiger partial charge in [-0.2, -0.15) is 0 Å². The first-order valence-electron chi connectivity index (χ1n) is 9.18. The van der Waals surface area contributed by atoms with Crippen molar-refractivity contribution in [2.75, 3.05) is 33.4 Å². The summed E-state index contributed by atoms with van der Waals surface area (Å²) in [5.74, 6) is 1.39. The van der Waals surface area contributed by atoms with Gasteiger partial charge in [0, 0.05) is 42.3 Å². The average Bonchev–Trinajstić information content (AvgIpc) is 3.21. The fraction of sp³-hybridized carbons (Fsp3) is 0.500. The Balaban J connectivity index is 0.00000392. The highest BCUT2D eigenvalue weighted by Gasteiger charge is 2.21. The van der Waals surface area contributed by atoms with Crippen LogP contribution in [0, 0.1) is 0 Å². The van der Waals surface area contributed by atoms with Crippen molar-refractivity contribution >= 4 is 41.3 Å². The third-order valence-electron chi connectivity index (χ3n) is 4.01. The van der Waals surface area contributed by atoms with Crippen LogP contribution in [0.1, 0.15) is 31.2 Å². The topological polar surface area (TPSA) is 67.8 Å². The first-order chi connectivity index (χ1) is 13.1. The number of nitrogens with one attached hydrogen (secondary N) is 2. The summed E-state index contributed by atoms with van der Waals surface area (Å²) in [7, 11) is 1.65. The van der Waals surface area contributed by atoms with Gasteiger partial charge in [-0.25, -0.2) is 9.98 Å². The molecule has 0 amide bonds. The van der Waals surface area contributed by atoms with Crippen LogP contribution in [0.15, 0.2) is 40.8 Å². The second-order valence-corrected chi connectivity index (χ2v) is 7.67. The molecule has 0 saturated heterocycles. The van der Waals surface area contributed by atoms with Crippen molar-refractivity contribution in [3.05, 3.63) is 46.3 Å². The number of guanidine groups is 1. The monoisotopic (exact) mass is 518 g/mol. The van der Waals surface area contributed by atoms with Gasteiger partial charge in [0.25, 0.3) is 0 Å². The van der Waals surface area contributed by atoms with Crippen LogP contribution in [0.25, 0.3) is 0 Å². The van der Waals surface area contributed by atoms with E-state index in [1.165, 1.54) is 4.88 Å². The number of pyridine rings is 1. The van der Waals surface area contributed by atoms with Gasteiger partial charge in [-0.05, 0) is 24.4 Å². The molecule has 0 aromatic carbocycles. The largest absolute Gasteiger partial charge is 0.475 e. The van der Waals surface area contributed by atoms with Gasteiger partial charge in [-0.3, -0.25) is 0 Å². The Hall–Kier alpha value is -1.39. The van der Waals surface area contributed by atoms with Gasteiger partial charge in [0.1, 0.15) is 6.61 Å². The number of nitrogens with zero attached hydrogens (tertiary/aromatic N) is 2. The molecular weight excluding hydrogens is 487 g/mol. The van der Waals surface area contributed by atoms with E-state index in [0.29, 0.717) is 25.6 Å². The number of hydrogen-bond acceptors (Lipinski definition) is 5. The molecule has 0 aliphatic heterocycles. The van der Waals surface area contributed by atoms with Gasteiger partial charge in [-0.15, -0.1) is 35.3 Å². The first kappa shape index (κ1) is 24.6. The molecule has 2 rings (SSSR count). The zero-order valence-corrected chi connectivity index (χ0v) is 20.2. The summed E-state index contributed by atoms with van der Waals surface area (Å²) in [4.78, 5) is 10.4. The van der Waals surface area contributed by atoms with Crippen LogP contribution < -0.4 is 15.4 Å². The first-order valence-corrected chi connectivity index (χ1v) is 10.1. The normalized spacial score (nSPS) is 11.6. The number of methoxy groups -OCH3 is 1. The molecule has 28 heavy (non-hydrogen) atoms. The number of thiophene rings is 1. The van der Waals surface area contributed by atoms with Crippen LogP contribution in [-0.2, 0) is 16.7 Å². The van der Waals surface area contributed by atoms with Gasteiger partial charge >= 0.3 is 0 Å².